The second-order valence-corrected chi connectivity index (χ2v) is 7.27. The van der Waals surface area contributed by atoms with E-state index in [1.54, 1.807) is 0 Å². The van der Waals surface area contributed by atoms with Gasteiger partial charge in [-0.1, -0.05) is 32.9 Å². The summed E-state index contributed by atoms with van der Waals surface area (Å²) in [5.41, 5.74) is 0.477. The van der Waals surface area contributed by atoms with Gasteiger partial charge in [-0.25, -0.2) is 0 Å². The Balaban J connectivity index is 1.59. The van der Waals surface area contributed by atoms with Gasteiger partial charge in [0.15, 0.2) is 0 Å². The fourth-order valence-corrected chi connectivity index (χ4v) is 3.34. The van der Waals surface area contributed by atoms with Gasteiger partial charge in [0.05, 0.1) is 12.7 Å². The van der Waals surface area contributed by atoms with Crippen molar-refractivity contribution >= 4 is 0 Å². The third-order valence-electron chi connectivity index (χ3n) is 4.80. The molecule has 0 unspecified atom stereocenters. The summed E-state index contributed by atoms with van der Waals surface area (Å²) < 4.78 is 6.08. The minimum atomic E-state index is 0.477. The number of hydrogen-bond acceptors (Lipinski definition) is 2. The van der Waals surface area contributed by atoms with Crippen molar-refractivity contribution in [3.63, 3.8) is 0 Å². The van der Waals surface area contributed by atoms with Crippen LogP contribution in [0.2, 0.25) is 0 Å². The first-order valence-electron chi connectivity index (χ1n) is 8.04. The van der Waals surface area contributed by atoms with Crippen molar-refractivity contribution in [3.05, 3.63) is 12.2 Å². The van der Waals surface area contributed by atoms with Crippen LogP contribution in [-0.2, 0) is 4.74 Å². The maximum absolute atomic E-state index is 6.08. The highest BCUT2D eigenvalue weighted by atomic mass is 16.5. The van der Waals surface area contributed by atoms with Crippen LogP contribution in [0, 0.1) is 11.3 Å². The van der Waals surface area contributed by atoms with Crippen molar-refractivity contribution in [2.24, 2.45) is 11.3 Å². The van der Waals surface area contributed by atoms with E-state index >= 15 is 0 Å². The molecule has 0 saturated heterocycles. The Labute approximate surface area is 119 Å². The number of ether oxygens (including phenoxy) is 1. The van der Waals surface area contributed by atoms with Crippen LogP contribution in [0.4, 0.5) is 0 Å². The Morgan fingerprint density at radius 1 is 1.11 bits per heavy atom. The molecule has 0 bridgehead atoms. The Bertz CT molecular complexity index is 284. The van der Waals surface area contributed by atoms with Crippen LogP contribution in [0.5, 0.6) is 0 Å². The topological polar surface area (TPSA) is 12.5 Å². The van der Waals surface area contributed by atoms with Gasteiger partial charge in [0.2, 0.25) is 0 Å². The molecule has 1 fully saturated rings. The lowest BCUT2D eigenvalue weighted by Gasteiger charge is -2.37. The van der Waals surface area contributed by atoms with Crippen LogP contribution in [0.25, 0.3) is 0 Å². The quantitative estimate of drug-likeness (QED) is 0.715. The second-order valence-electron chi connectivity index (χ2n) is 7.27. The highest BCUT2D eigenvalue weighted by molar-refractivity contribution is 4.90. The lowest BCUT2D eigenvalue weighted by Crippen LogP contribution is -2.33. The fraction of sp³-hybridized carbons (Fsp3) is 0.882. The van der Waals surface area contributed by atoms with Crippen LogP contribution in [-0.4, -0.2) is 37.2 Å². The summed E-state index contributed by atoms with van der Waals surface area (Å²) in [6.45, 7) is 11.5. The summed E-state index contributed by atoms with van der Waals surface area (Å²) in [7, 11) is 0. The van der Waals surface area contributed by atoms with E-state index in [0.29, 0.717) is 11.5 Å². The molecule has 2 rings (SSSR count). The van der Waals surface area contributed by atoms with Crippen molar-refractivity contribution in [1.29, 1.82) is 0 Å². The summed E-state index contributed by atoms with van der Waals surface area (Å²) >= 11 is 0. The van der Waals surface area contributed by atoms with E-state index in [1.807, 2.05) is 0 Å². The molecular weight excluding hydrogens is 234 g/mol. The highest BCUT2D eigenvalue weighted by Crippen LogP contribution is 2.38. The molecule has 0 aromatic heterocycles. The van der Waals surface area contributed by atoms with Gasteiger partial charge in [-0.2, -0.15) is 0 Å². The maximum atomic E-state index is 6.08. The zero-order chi connectivity index (χ0) is 13.7. The standard InChI is InChI=1S/C17H31NO/c1-17(2,3)15-7-9-16(10-8-15)19-14-13-18-11-5-4-6-12-18/h4-5,15-16H,6-14H2,1-3H3. The van der Waals surface area contributed by atoms with Gasteiger partial charge in [0.1, 0.15) is 0 Å². The monoisotopic (exact) mass is 265 g/mol. The van der Waals surface area contributed by atoms with E-state index in [2.05, 4.69) is 37.8 Å². The summed E-state index contributed by atoms with van der Waals surface area (Å²) in [5.74, 6) is 0.889. The van der Waals surface area contributed by atoms with Gasteiger partial charge < -0.3 is 4.74 Å². The normalized spacial score (nSPS) is 29.6. The van der Waals surface area contributed by atoms with Crippen molar-refractivity contribution in [3.8, 4) is 0 Å². The minimum Gasteiger partial charge on any atom is -0.377 e. The summed E-state index contributed by atoms with van der Waals surface area (Å²) in [5, 5.41) is 0. The summed E-state index contributed by atoms with van der Waals surface area (Å²) in [6.07, 6.45) is 11.5. The molecule has 2 heteroatoms. The molecular formula is C17H31NO. The van der Waals surface area contributed by atoms with Crippen LogP contribution in [0.3, 0.4) is 0 Å². The molecule has 0 radical (unpaired) electrons. The summed E-state index contributed by atoms with van der Waals surface area (Å²) in [4.78, 5) is 2.49. The zero-order valence-electron chi connectivity index (χ0n) is 13.0. The van der Waals surface area contributed by atoms with Crippen LogP contribution < -0.4 is 0 Å². The summed E-state index contributed by atoms with van der Waals surface area (Å²) in [6, 6.07) is 0. The second kappa shape index (κ2) is 6.90. The molecule has 0 aromatic carbocycles. The van der Waals surface area contributed by atoms with Gasteiger partial charge in [0.25, 0.3) is 0 Å². The van der Waals surface area contributed by atoms with E-state index in [4.69, 9.17) is 4.74 Å². The first kappa shape index (κ1) is 15.1. The number of nitrogens with zero attached hydrogens (tertiary/aromatic N) is 1. The molecule has 1 heterocycles. The third kappa shape index (κ3) is 4.92. The van der Waals surface area contributed by atoms with E-state index in [0.717, 1.165) is 25.6 Å². The lowest BCUT2D eigenvalue weighted by molar-refractivity contribution is -0.00407. The van der Waals surface area contributed by atoms with E-state index < -0.39 is 0 Å². The van der Waals surface area contributed by atoms with Crippen LogP contribution in [0.1, 0.15) is 52.9 Å². The zero-order valence-corrected chi connectivity index (χ0v) is 13.0. The molecule has 110 valence electrons. The SMILES string of the molecule is CC(C)(C)C1CCC(OCCN2CC=CCC2)CC1. The molecule has 2 aliphatic rings. The van der Waals surface area contributed by atoms with Crippen molar-refractivity contribution in [1.82, 2.24) is 4.90 Å². The van der Waals surface area contributed by atoms with Gasteiger partial charge in [-0.15, -0.1) is 0 Å². The fourth-order valence-electron chi connectivity index (χ4n) is 3.34. The minimum absolute atomic E-state index is 0.477. The maximum Gasteiger partial charge on any atom is 0.0597 e. The van der Waals surface area contributed by atoms with Gasteiger partial charge in [-0.05, 0) is 43.4 Å². The average molecular weight is 265 g/mol. The molecule has 1 saturated carbocycles. The van der Waals surface area contributed by atoms with E-state index in [-0.39, 0.29) is 0 Å². The molecule has 0 N–H and O–H groups in total. The third-order valence-corrected chi connectivity index (χ3v) is 4.80. The first-order valence-corrected chi connectivity index (χ1v) is 8.04. The van der Waals surface area contributed by atoms with Crippen molar-refractivity contribution in [2.75, 3.05) is 26.2 Å². The van der Waals surface area contributed by atoms with Crippen LogP contribution in [0.15, 0.2) is 12.2 Å². The number of hydrogen-bond donors (Lipinski definition) is 0. The molecule has 2 nitrogen and oxygen atoms in total. The smallest absolute Gasteiger partial charge is 0.0597 e. The van der Waals surface area contributed by atoms with Crippen LogP contribution >= 0.6 is 0 Å². The Kier molecular flexibility index (Phi) is 5.47. The van der Waals surface area contributed by atoms with Gasteiger partial charge in [0, 0.05) is 19.6 Å². The highest BCUT2D eigenvalue weighted by Gasteiger charge is 2.29. The predicted molar refractivity (Wildman–Crippen MR) is 81.4 cm³/mol. The van der Waals surface area contributed by atoms with E-state index in [1.165, 1.54) is 38.6 Å². The molecule has 0 spiro atoms. The molecule has 1 aliphatic carbocycles. The lowest BCUT2D eigenvalue weighted by atomic mass is 9.72. The molecule has 0 aromatic rings. The van der Waals surface area contributed by atoms with Crippen molar-refractivity contribution < 1.29 is 4.74 Å². The Morgan fingerprint density at radius 3 is 2.42 bits per heavy atom. The average Bonchev–Trinajstić information content (AvgIpc) is 2.39. The Hall–Kier alpha value is -0.340. The molecule has 0 amide bonds. The van der Waals surface area contributed by atoms with E-state index in [9.17, 15) is 0 Å². The van der Waals surface area contributed by atoms with Gasteiger partial charge >= 0.3 is 0 Å². The molecule has 0 atom stereocenters. The Morgan fingerprint density at radius 2 is 1.84 bits per heavy atom. The molecule has 1 aliphatic heterocycles. The largest absolute Gasteiger partial charge is 0.377 e. The first-order chi connectivity index (χ1) is 9.05. The predicted octanol–water partition coefficient (Wildman–Crippen LogP) is 3.87. The van der Waals surface area contributed by atoms with Crippen molar-refractivity contribution in [2.45, 2.75) is 59.0 Å². The number of rotatable bonds is 4. The molecule has 19 heavy (non-hydrogen) atoms. The van der Waals surface area contributed by atoms with Gasteiger partial charge in [-0.3, -0.25) is 4.90 Å².